The summed E-state index contributed by atoms with van der Waals surface area (Å²) in [5.74, 6) is 2.15. The highest BCUT2D eigenvalue weighted by atomic mass is 16.5. The van der Waals surface area contributed by atoms with Crippen LogP contribution in [0.5, 0.6) is 17.2 Å². The fraction of sp³-hybridized carbons (Fsp3) is 0.182. The van der Waals surface area contributed by atoms with Gasteiger partial charge in [0.25, 0.3) is 5.91 Å². The van der Waals surface area contributed by atoms with Crippen LogP contribution in [0.1, 0.15) is 21.5 Å². The average Bonchev–Trinajstić information content (AvgIpc) is 2.72. The summed E-state index contributed by atoms with van der Waals surface area (Å²) in [5.41, 5.74) is 2.79. The van der Waals surface area contributed by atoms with Crippen LogP contribution in [-0.2, 0) is 13.0 Å². The monoisotopic (exact) mass is 360 g/mol. The van der Waals surface area contributed by atoms with Crippen LogP contribution in [0.3, 0.4) is 0 Å². The molecule has 0 unspecified atom stereocenters. The van der Waals surface area contributed by atoms with E-state index in [2.05, 4.69) is 4.98 Å². The summed E-state index contributed by atoms with van der Waals surface area (Å²) in [6.07, 6.45) is 4.37. The molecular weight excluding hydrogens is 340 g/mol. The summed E-state index contributed by atoms with van der Waals surface area (Å²) < 4.78 is 11.1. The number of aromatic nitrogens is 1. The van der Waals surface area contributed by atoms with E-state index < -0.39 is 0 Å². The van der Waals surface area contributed by atoms with Crippen molar-refractivity contribution in [1.82, 2.24) is 9.88 Å². The number of amides is 1. The largest absolute Gasteiger partial charge is 0.497 e. The summed E-state index contributed by atoms with van der Waals surface area (Å²) in [7, 11) is 1.63. The van der Waals surface area contributed by atoms with Gasteiger partial charge in [0.2, 0.25) is 0 Å². The van der Waals surface area contributed by atoms with Gasteiger partial charge in [-0.2, -0.15) is 0 Å². The second kappa shape index (κ2) is 7.50. The molecule has 1 aliphatic rings. The highest BCUT2D eigenvalue weighted by molar-refractivity contribution is 5.97. The summed E-state index contributed by atoms with van der Waals surface area (Å²) in [6.45, 7) is 1.27. The standard InChI is InChI=1S/C22H20N2O3/c1-26-18-6-8-19(9-7-18)27-20-5-4-17-10-12-24(22(25)21(17)13-20)15-16-3-2-11-23-14-16/h2-9,11,13-14H,10,12,15H2,1H3. The molecule has 0 radical (unpaired) electrons. The molecule has 2 aromatic carbocycles. The molecule has 0 fully saturated rings. The Kier molecular flexibility index (Phi) is 4.75. The molecule has 0 saturated carbocycles. The number of benzene rings is 2. The zero-order valence-corrected chi connectivity index (χ0v) is 15.1. The van der Waals surface area contributed by atoms with Crippen molar-refractivity contribution in [3.8, 4) is 17.2 Å². The van der Waals surface area contributed by atoms with Crippen molar-refractivity contribution in [2.75, 3.05) is 13.7 Å². The number of carbonyl (C=O) groups is 1. The van der Waals surface area contributed by atoms with Gasteiger partial charge in [-0.15, -0.1) is 0 Å². The number of carbonyl (C=O) groups excluding carboxylic acids is 1. The summed E-state index contributed by atoms with van der Waals surface area (Å²) in [4.78, 5) is 18.9. The van der Waals surface area contributed by atoms with Crippen molar-refractivity contribution >= 4 is 5.91 Å². The van der Waals surface area contributed by atoms with Gasteiger partial charge in [-0.05, 0) is 60.0 Å². The molecule has 27 heavy (non-hydrogen) atoms. The van der Waals surface area contributed by atoms with E-state index in [-0.39, 0.29) is 5.91 Å². The molecular formula is C22H20N2O3. The summed E-state index contributed by atoms with van der Waals surface area (Å²) in [5, 5.41) is 0. The minimum absolute atomic E-state index is 0.0280. The Balaban J connectivity index is 1.53. The Hall–Kier alpha value is -3.34. The van der Waals surface area contributed by atoms with Crippen molar-refractivity contribution in [3.63, 3.8) is 0 Å². The first-order valence-electron chi connectivity index (χ1n) is 8.86. The zero-order valence-electron chi connectivity index (χ0n) is 15.1. The lowest BCUT2D eigenvalue weighted by molar-refractivity contribution is 0.0726. The maximum absolute atomic E-state index is 12.9. The van der Waals surface area contributed by atoms with Crippen LogP contribution < -0.4 is 9.47 Å². The number of hydrogen-bond acceptors (Lipinski definition) is 4. The average molecular weight is 360 g/mol. The van der Waals surface area contributed by atoms with E-state index in [4.69, 9.17) is 9.47 Å². The van der Waals surface area contributed by atoms with E-state index >= 15 is 0 Å². The number of hydrogen-bond donors (Lipinski definition) is 0. The lowest BCUT2D eigenvalue weighted by Gasteiger charge is -2.28. The number of fused-ring (bicyclic) bond motifs is 1. The topological polar surface area (TPSA) is 51.7 Å². The van der Waals surface area contributed by atoms with Crippen LogP contribution >= 0.6 is 0 Å². The predicted molar refractivity (Wildman–Crippen MR) is 102 cm³/mol. The third-order valence-electron chi connectivity index (χ3n) is 4.64. The van der Waals surface area contributed by atoms with Crippen LogP contribution in [0.2, 0.25) is 0 Å². The number of ether oxygens (including phenoxy) is 2. The first-order chi connectivity index (χ1) is 13.2. The van der Waals surface area contributed by atoms with Gasteiger partial charge in [-0.1, -0.05) is 12.1 Å². The molecule has 5 heteroatoms. The number of pyridine rings is 1. The molecule has 5 nitrogen and oxygen atoms in total. The third-order valence-corrected chi connectivity index (χ3v) is 4.64. The minimum Gasteiger partial charge on any atom is -0.497 e. The van der Waals surface area contributed by atoms with E-state index in [1.54, 1.807) is 19.5 Å². The molecule has 1 amide bonds. The Bertz CT molecular complexity index is 940. The second-order valence-electron chi connectivity index (χ2n) is 6.43. The lowest BCUT2D eigenvalue weighted by Crippen LogP contribution is -2.37. The molecule has 0 bridgehead atoms. The second-order valence-corrected chi connectivity index (χ2v) is 6.43. The molecule has 136 valence electrons. The summed E-state index contributed by atoms with van der Waals surface area (Å²) >= 11 is 0. The Labute approximate surface area is 158 Å². The molecule has 0 atom stereocenters. The van der Waals surface area contributed by atoms with Gasteiger partial charge in [0.15, 0.2) is 0 Å². The number of methoxy groups -OCH3 is 1. The van der Waals surface area contributed by atoms with Crippen molar-refractivity contribution in [3.05, 3.63) is 83.7 Å². The molecule has 0 saturated heterocycles. The van der Waals surface area contributed by atoms with Gasteiger partial charge in [-0.3, -0.25) is 9.78 Å². The van der Waals surface area contributed by atoms with E-state index in [9.17, 15) is 4.79 Å². The van der Waals surface area contributed by atoms with E-state index in [1.165, 1.54) is 0 Å². The van der Waals surface area contributed by atoms with Gasteiger partial charge in [0, 0.05) is 31.0 Å². The van der Waals surface area contributed by atoms with Crippen LogP contribution in [0.15, 0.2) is 67.0 Å². The maximum atomic E-state index is 12.9. The first-order valence-corrected chi connectivity index (χ1v) is 8.86. The minimum atomic E-state index is 0.0280. The van der Waals surface area contributed by atoms with Crippen molar-refractivity contribution in [2.45, 2.75) is 13.0 Å². The van der Waals surface area contributed by atoms with E-state index in [1.807, 2.05) is 59.5 Å². The van der Waals surface area contributed by atoms with Gasteiger partial charge in [0.05, 0.1) is 7.11 Å². The van der Waals surface area contributed by atoms with Crippen molar-refractivity contribution in [1.29, 1.82) is 0 Å². The smallest absolute Gasteiger partial charge is 0.254 e. The van der Waals surface area contributed by atoms with Crippen LogP contribution in [0.4, 0.5) is 0 Å². The molecule has 1 aromatic heterocycles. The number of rotatable bonds is 5. The van der Waals surface area contributed by atoms with Crippen LogP contribution in [-0.4, -0.2) is 29.4 Å². The van der Waals surface area contributed by atoms with Gasteiger partial charge in [0.1, 0.15) is 17.2 Å². The van der Waals surface area contributed by atoms with Gasteiger partial charge < -0.3 is 14.4 Å². The third kappa shape index (κ3) is 3.77. The molecule has 1 aliphatic heterocycles. The fourth-order valence-corrected chi connectivity index (χ4v) is 3.21. The van der Waals surface area contributed by atoms with Gasteiger partial charge >= 0.3 is 0 Å². The highest BCUT2D eigenvalue weighted by Gasteiger charge is 2.25. The first kappa shape index (κ1) is 17.1. The SMILES string of the molecule is COc1ccc(Oc2ccc3c(c2)C(=O)N(Cc2cccnc2)CC3)cc1. The van der Waals surface area contributed by atoms with Crippen molar-refractivity contribution < 1.29 is 14.3 Å². The Morgan fingerprint density at radius 1 is 1.04 bits per heavy atom. The fourth-order valence-electron chi connectivity index (χ4n) is 3.21. The highest BCUT2D eigenvalue weighted by Crippen LogP contribution is 2.28. The van der Waals surface area contributed by atoms with E-state index in [0.29, 0.717) is 30.2 Å². The maximum Gasteiger partial charge on any atom is 0.254 e. The summed E-state index contributed by atoms with van der Waals surface area (Å²) in [6, 6.07) is 17.0. The van der Waals surface area contributed by atoms with E-state index in [0.717, 1.165) is 23.3 Å². The predicted octanol–water partition coefficient (Wildman–Crippen LogP) is 4.08. The number of nitrogens with zero attached hydrogens (tertiary/aromatic N) is 2. The molecule has 0 spiro atoms. The quantitative estimate of drug-likeness (QED) is 0.688. The molecule has 3 aromatic rings. The van der Waals surface area contributed by atoms with Crippen molar-refractivity contribution in [2.24, 2.45) is 0 Å². The molecule has 2 heterocycles. The Morgan fingerprint density at radius 2 is 1.81 bits per heavy atom. The molecule has 0 N–H and O–H groups in total. The zero-order chi connectivity index (χ0) is 18.6. The Morgan fingerprint density at radius 3 is 2.56 bits per heavy atom. The molecule has 4 rings (SSSR count). The van der Waals surface area contributed by atoms with Crippen LogP contribution in [0, 0.1) is 0 Å². The van der Waals surface area contributed by atoms with Gasteiger partial charge in [-0.25, -0.2) is 0 Å². The lowest BCUT2D eigenvalue weighted by atomic mass is 9.98. The molecule has 0 aliphatic carbocycles. The normalized spacial score (nSPS) is 13.2. The van der Waals surface area contributed by atoms with Crippen LogP contribution in [0.25, 0.3) is 0 Å².